The molecule has 0 aromatic heterocycles. The number of carbonyl (C=O) groups excluding carboxylic acids is 4. The van der Waals surface area contributed by atoms with E-state index in [2.05, 4.69) is 5.32 Å². The van der Waals surface area contributed by atoms with Crippen LogP contribution in [-0.2, 0) is 14.3 Å². The van der Waals surface area contributed by atoms with Crippen molar-refractivity contribution in [3.63, 3.8) is 0 Å². The van der Waals surface area contributed by atoms with Gasteiger partial charge < -0.3 is 4.74 Å². The highest BCUT2D eigenvalue weighted by Crippen LogP contribution is 2.20. The molecule has 7 nitrogen and oxygen atoms in total. The quantitative estimate of drug-likeness (QED) is 0.505. The van der Waals surface area contributed by atoms with E-state index in [1.807, 2.05) is 30.3 Å². The Bertz CT molecular complexity index is 861. The molecule has 1 saturated heterocycles. The largest absolute Gasteiger partial charge is 0.432 e. The first-order chi connectivity index (χ1) is 12.5. The van der Waals surface area contributed by atoms with Crippen molar-refractivity contribution in [2.45, 2.75) is 13.2 Å². The Morgan fingerprint density at radius 1 is 1.00 bits per heavy atom. The van der Waals surface area contributed by atoms with E-state index in [0.29, 0.717) is 5.56 Å². The van der Waals surface area contributed by atoms with E-state index in [1.54, 1.807) is 24.3 Å². The topological polar surface area (TPSA) is 92.8 Å². The molecule has 3 rings (SSSR count). The Morgan fingerprint density at radius 3 is 2.23 bits per heavy atom. The van der Waals surface area contributed by atoms with Crippen LogP contribution in [0.5, 0.6) is 0 Å². The number of amides is 3. The van der Waals surface area contributed by atoms with E-state index < -0.39 is 36.5 Å². The molecule has 3 amide bonds. The summed E-state index contributed by atoms with van der Waals surface area (Å²) < 4.78 is 4.70. The van der Waals surface area contributed by atoms with Crippen LogP contribution >= 0.6 is 0 Å². The second-order valence-corrected chi connectivity index (χ2v) is 5.73. The van der Waals surface area contributed by atoms with Gasteiger partial charge in [-0.05, 0) is 11.1 Å². The maximum absolute atomic E-state index is 12.4. The van der Waals surface area contributed by atoms with Crippen LogP contribution in [0.15, 0.2) is 54.6 Å². The molecule has 2 aromatic carbocycles. The normalized spacial score (nSPS) is 16.3. The highest BCUT2D eigenvalue weighted by molar-refractivity contribution is 6.09. The fourth-order valence-corrected chi connectivity index (χ4v) is 2.60. The predicted octanol–water partition coefficient (Wildman–Crippen LogP) is 1.98. The fourth-order valence-electron chi connectivity index (χ4n) is 2.60. The number of benzene rings is 2. The lowest BCUT2D eigenvalue weighted by Gasteiger charge is -2.12. The number of imide groups is 1. The van der Waals surface area contributed by atoms with Gasteiger partial charge in [0.2, 0.25) is 0 Å². The van der Waals surface area contributed by atoms with Crippen LogP contribution in [0.2, 0.25) is 0 Å². The SMILES string of the molecule is CC(=O)OC1NC(=O)N(CC(=O)c2ccc(-c3ccccc3)cc2)C1=O. The number of urea groups is 1. The van der Waals surface area contributed by atoms with Crippen LogP contribution in [0.25, 0.3) is 11.1 Å². The maximum Gasteiger partial charge on any atom is 0.327 e. The fraction of sp³-hybridized carbons (Fsp3) is 0.158. The maximum atomic E-state index is 12.4. The van der Waals surface area contributed by atoms with Crippen LogP contribution in [0.1, 0.15) is 17.3 Å². The Hall–Kier alpha value is -3.48. The smallest absolute Gasteiger partial charge is 0.327 e. The number of hydrogen-bond acceptors (Lipinski definition) is 5. The molecule has 1 unspecified atom stereocenters. The van der Waals surface area contributed by atoms with E-state index in [1.165, 1.54) is 0 Å². The monoisotopic (exact) mass is 352 g/mol. The van der Waals surface area contributed by atoms with Crippen LogP contribution < -0.4 is 5.32 Å². The van der Waals surface area contributed by atoms with Gasteiger partial charge in [0.1, 0.15) is 0 Å². The van der Waals surface area contributed by atoms with Gasteiger partial charge in [0, 0.05) is 12.5 Å². The van der Waals surface area contributed by atoms with Crippen LogP contribution in [0.3, 0.4) is 0 Å². The first-order valence-electron chi connectivity index (χ1n) is 7.93. The minimum atomic E-state index is -1.38. The molecule has 1 N–H and O–H groups in total. The minimum Gasteiger partial charge on any atom is -0.432 e. The van der Waals surface area contributed by atoms with Gasteiger partial charge in [-0.2, -0.15) is 0 Å². The molecular weight excluding hydrogens is 336 g/mol. The number of rotatable bonds is 5. The summed E-state index contributed by atoms with van der Waals surface area (Å²) >= 11 is 0. The van der Waals surface area contributed by atoms with E-state index in [4.69, 9.17) is 4.74 Å². The van der Waals surface area contributed by atoms with Crippen molar-refractivity contribution >= 4 is 23.7 Å². The van der Waals surface area contributed by atoms with Gasteiger partial charge in [0.25, 0.3) is 12.1 Å². The molecular formula is C19H16N2O5. The van der Waals surface area contributed by atoms with Crippen molar-refractivity contribution in [3.05, 3.63) is 60.2 Å². The molecule has 0 spiro atoms. The summed E-state index contributed by atoms with van der Waals surface area (Å²) in [5.41, 5.74) is 2.35. The summed E-state index contributed by atoms with van der Waals surface area (Å²) in [6.45, 7) is 0.703. The van der Waals surface area contributed by atoms with Gasteiger partial charge in [0.15, 0.2) is 5.78 Å². The average Bonchev–Trinajstić information content (AvgIpc) is 2.89. The Kier molecular flexibility index (Phi) is 4.79. The zero-order valence-corrected chi connectivity index (χ0v) is 14.0. The molecule has 1 fully saturated rings. The van der Waals surface area contributed by atoms with Gasteiger partial charge >= 0.3 is 12.0 Å². The molecule has 0 radical (unpaired) electrons. The van der Waals surface area contributed by atoms with Crippen LogP contribution in [0, 0.1) is 0 Å². The molecule has 0 bridgehead atoms. The van der Waals surface area contributed by atoms with Crippen molar-refractivity contribution in [1.82, 2.24) is 10.2 Å². The van der Waals surface area contributed by atoms with E-state index in [9.17, 15) is 19.2 Å². The van der Waals surface area contributed by atoms with E-state index in [-0.39, 0.29) is 0 Å². The number of esters is 1. The predicted molar refractivity (Wildman–Crippen MR) is 92.0 cm³/mol. The number of hydrogen-bond donors (Lipinski definition) is 1. The Balaban J connectivity index is 1.69. The summed E-state index contributed by atoms with van der Waals surface area (Å²) in [7, 11) is 0. The molecule has 1 atom stereocenters. The van der Waals surface area contributed by atoms with Gasteiger partial charge in [-0.3, -0.25) is 24.6 Å². The van der Waals surface area contributed by atoms with Crippen molar-refractivity contribution in [2.24, 2.45) is 0 Å². The lowest BCUT2D eigenvalue weighted by molar-refractivity contribution is -0.155. The summed E-state index contributed by atoms with van der Waals surface area (Å²) in [6, 6.07) is 15.8. The zero-order valence-electron chi connectivity index (χ0n) is 14.0. The van der Waals surface area contributed by atoms with Gasteiger partial charge in [-0.1, -0.05) is 54.6 Å². The second kappa shape index (κ2) is 7.18. The molecule has 0 aliphatic carbocycles. The third-order valence-corrected chi connectivity index (χ3v) is 3.89. The van der Waals surface area contributed by atoms with Gasteiger partial charge in [0.05, 0.1) is 6.54 Å². The number of nitrogens with zero attached hydrogens (tertiary/aromatic N) is 1. The highest BCUT2D eigenvalue weighted by Gasteiger charge is 2.41. The summed E-state index contributed by atoms with van der Waals surface area (Å²) in [4.78, 5) is 48.0. The number of Topliss-reactive ketones (excluding diaryl/α,β-unsaturated/α-hetero) is 1. The van der Waals surface area contributed by atoms with Crippen molar-refractivity contribution < 1.29 is 23.9 Å². The third kappa shape index (κ3) is 3.61. The molecule has 132 valence electrons. The van der Waals surface area contributed by atoms with E-state index >= 15 is 0 Å². The van der Waals surface area contributed by atoms with Crippen molar-refractivity contribution in [1.29, 1.82) is 0 Å². The van der Waals surface area contributed by atoms with Crippen LogP contribution in [0.4, 0.5) is 4.79 Å². The minimum absolute atomic E-state index is 0.376. The van der Waals surface area contributed by atoms with Crippen LogP contribution in [-0.4, -0.2) is 41.4 Å². The number of carbonyl (C=O) groups is 4. The standard InChI is InChI=1S/C19H16N2O5/c1-12(22)26-17-18(24)21(19(25)20-17)11-16(23)15-9-7-14(8-10-15)13-5-3-2-4-6-13/h2-10,17H,11H2,1H3,(H,20,25). The molecule has 2 aromatic rings. The van der Waals surface area contributed by atoms with Crippen molar-refractivity contribution in [2.75, 3.05) is 6.54 Å². The molecule has 1 heterocycles. The number of nitrogens with one attached hydrogen (secondary N) is 1. The summed E-state index contributed by atoms with van der Waals surface area (Å²) in [5, 5.41) is 2.21. The third-order valence-electron chi connectivity index (χ3n) is 3.89. The summed E-state index contributed by atoms with van der Waals surface area (Å²) in [5.74, 6) is -1.86. The lowest BCUT2D eigenvalue weighted by Crippen LogP contribution is -2.37. The zero-order chi connectivity index (χ0) is 18.7. The Labute approximate surface area is 149 Å². The Morgan fingerprint density at radius 2 is 1.62 bits per heavy atom. The molecule has 0 saturated carbocycles. The van der Waals surface area contributed by atoms with E-state index in [0.717, 1.165) is 23.0 Å². The summed E-state index contributed by atoms with van der Waals surface area (Å²) in [6.07, 6.45) is -1.38. The van der Waals surface area contributed by atoms with Gasteiger partial charge in [-0.15, -0.1) is 0 Å². The average molecular weight is 352 g/mol. The second-order valence-electron chi connectivity index (χ2n) is 5.73. The number of ether oxygens (including phenoxy) is 1. The molecule has 1 aliphatic heterocycles. The lowest BCUT2D eigenvalue weighted by atomic mass is 10.0. The van der Waals surface area contributed by atoms with Crippen molar-refractivity contribution in [3.8, 4) is 11.1 Å². The highest BCUT2D eigenvalue weighted by atomic mass is 16.6. The van der Waals surface area contributed by atoms with Gasteiger partial charge in [-0.25, -0.2) is 4.79 Å². The molecule has 26 heavy (non-hydrogen) atoms. The first-order valence-corrected chi connectivity index (χ1v) is 7.93. The number of ketones is 1. The first kappa shape index (κ1) is 17.3. The molecule has 1 aliphatic rings. The molecule has 7 heteroatoms.